The molecule has 1 aliphatic heterocycles. The maximum atomic E-state index is 12.3. The van der Waals surface area contributed by atoms with Gasteiger partial charge in [-0.3, -0.25) is 0 Å². The number of benzene rings is 2. The molecule has 2 aromatic carbocycles. The van der Waals surface area contributed by atoms with E-state index in [9.17, 15) is 18.6 Å². The quantitative estimate of drug-likeness (QED) is 0.909. The Hall–Kier alpha value is -2.47. The summed E-state index contributed by atoms with van der Waals surface area (Å²) in [6, 6.07) is 10.8. The smallest absolute Gasteiger partial charge is 0.210 e. The molecule has 0 bridgehead atoms. The van der Waals surface area contributed by atoms with E-state index in [1.165, 1.54) is 18.2 Å². The largest absolute Gasteiger partial charge is 0.507 e. The third-order valence-corrected chi connectivity index (χ3v) is 5.10. The molecular weight excluding hydrogens is 292 g/mol. The Morgan fingerprint density at radius 3 is 2.38 bits per heavy atom. The number of ether oxygens (including phenoxy) is 1. The summed E-state index contributed by atoms with van der Waals surface area (Å²) in [4.78, 5) is -0.0527. The van der Waals surface area contributed by atoms with Gasteiger partial charge in [0.15, 0.2) is 11.5 Å². The first-order valence-corrected chi connectivity index (χ1v) is 7.67. The standard InChI is InChI=1S/C15H12O5S/c16-12-5-1-2-7-14(12)20-9-11-8-10-4-3-6-13(17)15(10)21(11,18)19/h1-8,16-17H,9H2. The van der Waals surface area contributed by atoms with E-state index in [0.29, 0.717) is 5.56 Å². The molecule has 0 atom stereocenters. The topological polar surface area (TPSA) is 83.8 Å². The molecule has 2 N–H and O–H groups in total. The van der Waals surface area contributed by atoms with E-state index in [0.717, 1.165) is 0 Å². The highest BCUT2D eigenvalue weighted by Crippen LogP contribution is 2.38. The first-order chi connectivity index (χ1) is 10.00. The van der Waals surface area contributed by atoms with E-state index >= 15 is 0 Å². The molecule has 0 aromatic heterocycles. The van der Waals surface area contributed by atoms with E-state index in [-0.39, 0.29) is 33.7 Å². The van der Waals surface area contributed by atoms with Crippen LogP contribution in [0.15, 0.2) is 52.3 Å². The monoisotopic (exact) mass is 304 g/mol. The lowest BCUT2D eigenvalue weighted by Crippen LogP contribution is -2.09. The highest BCUT2D eigenvalue weighted by atomic mass is 32.2. The van der Waals surface area contributed by atoms with E-state index in [4.69, 9.17) is 4.74 Å². The Bertz CT molecular complexity index is 837. The van der Waals surface area contributed by atoms with Gasteiger partial charge in [0, 0.05) is 0 Å². The molecule has 6 heteroatoms. The molecule has 21 heavy (non-hydrogen) atoms. The lowest BCUT2D eigenvalue weighted by molar-refractivity contribution is 0.333. The number of aromatic hydroxyl groups is 2. The number of para-hydroxylation sites is 2. The zero-order chi connectivity index (χ0) is 15.0. The molecule has 1 heterocycles. The van der Waals surface area contributed by atoms with Crippen LogP contribution in [0.4, 0.5) is 0 Å². The van der Waals surface area contributed by atoms with Gasteiger partial charge in [-0.15, -0.1) is 0 Å². The van der Waals surface area contributed by atoms with Crippen LogP contribution in [0.1, 0.15) is 5.56 Å². The lowest BCUT2D eigenvalue weighted by Gasteiger charge is -2.09. The molecule has 0 saturated heterocycles. The van der Waals surface area contributed by atoms with Crippen molar-refractivity contribution in [2.24, 2.45) is 0 Å². The Morgan fingerprint density at radius 1 is 0.952 bits per heavy atom. The molecule has 5 nitrogen and oxygen atoms in total. The second-order valence-electron chi connectivity index (χ2n) is 4.57. The molecule has 0 fully saturated rings. The van der Waals surface area contributed by atoms with Crippen molar-refractivity contribution in [2.75, 3.05) is 6.61 Å². The maximum Gasteiger partial charge on any atom is 0.210 e. The summed E-state index contributed by atoms with van der Waals surface area (Å²) in [7, 11) is -3.76. The van der Waals surface area contributed by atoms with Crippen molar-refractivity contribution < 1.29 is 23.4 Å². The summed E-state index contributed by atoms with van der Waals surface area (Å²) in [5, 5.41) is 19.3. The minimum absolute atomic E-state index is 0.0438. The van der Waals surface area contributed by atoms with Crippen molar-refractivity contribution in [2.45, 2.75) is 4.90 Å². The molecule has 3 rings (SSSR count). The number of hydrogen-bond acceptors (Lipinski definition) is 5. The van der Waals surface area contributed by atoms with Gasteiger partial charge in [-0.25, -0.2) is 8.42 Å². The normalized spacial score (nSPS) is 15.3. The Kier molecular flexibility index (Phi) is 3.10. The van der Waals surface area contributed by atoms with Crippen molar-refractivity contribution in [1.82, 2.24) is 0 Å². The van der Waals surface area contributed by atoms with Gasteiger partial charge >= 0.3 is 0 Å². The third-order valence-electron chi connectivity index (χ3n) is 3.19. The van der Waals surface area contributed by atoms with Gasteiger partial charge in [0.05, 0.1) is 4.91 Å². The average molecular weight is 304 g/mol. The highest BCUT2D eigenvalue weighted by Gasteiger charge is 2.32. The fourth-order valence-corrected chi connectivity index (χ4v) is 3.72. The van der Waals surface area contributed by atoms with Crippen molar-refractivity contribution in [1.29, 1.82) is 0 Å². The number of rotatable bonds is 3. The molecule has 1 aliphatic rings. The molecule has 0 aliphatic carbocycles. The number of hydrogen-bond donors (Lipinski definition) is 2. The zero-order valence-electron chi connectivity index (χ0n) is 10.9. The van der Waals surface area contributed by atoms with Crippen LogP contribution >= 0.6 is 0 Å². The number of phenolic OH excluding ortho intramolecular Hbond substituents is 2. The van der Waals surface area contributed by atoms with Gasteiger partial charge < -0.3 is 14.9 Å². The van der Waals surface area contributed by atoms with Gasteiger partial charge in [-0.1, -0.05) is 24.3 Å². The van der Waals surface area contributed by atoms with E-state index < -0.39 is 9.84 Å². The van der Waals surface area contributed by atoms with Crippen LogP contribution in [-0.2, 0) is 9.84 Å². The second kappa shape index (κ2) is 4.82. The van der Waals surface area contributed by atoms with Crippen molar-refractivity contribution in [3.05, 3.63) is 52.9 Å². The zero-order valence-corrected chi connectivity index (χ0v) is 11.7. The molecule has 2 aromatic rings. The van der Waals surface area contributed by atoms with Crippen molar-refractivity contribution in [3.8, 4) is 17.2 Å². The maximum absolute atomic E-state index is 12.3. The Balaban J connectivity index is 1.89. The van der Waals surface area contributed by atoms with Crippen LogP contribution in [0.2, 0.25) is 0 Å². The van der Waals surface area contributed by atoms with Crippen LogP contribution in [-0.4, -0.2) is 25.2 Å². The molecule has 0 saturated carbocycles. The molecule has 108 valence electrons. The van der Waals surface area contributed by atoms with Gasteiger partial charge in [-0.05, 0) is 29.8 Å². The van der Waals surface area contributed by atoms with Gasteiger partial charge in [0.1, 0.15) is 17.3 Å². The van der Waals surface area contributed by atoms with Crippen LogP contribution in [0.5, 0.6) is 17.2 Å². The van der Waals surface area contributed by atoms with Crippen LogP contribution in [0.25, 0.3) is 6.08 Å². The Morgan fingerprint density at radius 2 is 1.67 bits per heavy atom. The summed E-state index contributed by atoms with van der Waals surface area (Å²) < 4.78 is 30.0. The molecule has 0 radical (unpaired) electrons. The summed E-state index contributed by atoms with van der Waals surface area (Å²) in [6.07, 6.45) is 1.46. The van der Waals surface area contributed by atoms with Crippen LogP contribution < -0.4 is 4.74 Å². The third kappa shape index (κ3) is 2.23. The lowest BCUT2D eigenvalue weighted by atomic mass is 10.2. The fraction of sp³-hybridized carbons (Fsp3) is 0.0667. The summed E-state index contributed by atoms with van der Waals surface area (Å²) in [6.45, 7) is -0.214. The summed E-state index contributed by atoms with van der Waals surface area (Å²) in [5.74, 6) is -0.135. The molecule has 0 amide bonds. The number of sulfone groups is 1. The highest BCUT2D eigenvalue weighted by molar-refractivity contribution is 7.96. The first-order valence-electron chi connectivity index (χ1n) is 6.18. The molecule has 0 spiro atoms. The molecule has 0 unspecified atom stereocenters. The second-order valence-corrected chi connectivity index (χ2v) is 6.51. The average Bonchev–Trinajstić information content (AvgIpc) is 2.70. The van der Waals surface area contributed by atoms with Gasteiger partial charge in [0.2, 0.25) is 9.84 Å². The minimum Gasteiger partial charge on any atom is -0.507 e. The predicted molar refractivity (Wildman–Crippen MR) is 76.9 cm³/mol. The summed E-state index contributed by atoms with van der Waals surface area (Å²) >= 11 is 0. The van der Waals surface area contributed by atoms with E-state index in [2.05, 4.69) is 0 Å². The van der Waals surface area contributed by atoms with Crippen molar-refractivity contribution in [3.63, 3.8) is 0 Å². The number of fused-ring (bicyclic) bond motifs is 1. The first kappa shape index (κ1) is 13.5. The SMILES string of the molecule is O=S1(=O)C(COc2ccccc2O)=Cc2cccc(O)c21. The van der Waals surface area contributed by atoms with Crippen LogP contribution in [0.3, 0.4) is 0 Å². The van der Waals surface area contributed by atoms with Gasteiger partial charge in [0.25, 0.3) is 0 Å². The number of phenols is 2. The minimum atomic E-state index is -3.76. The van der Waals surface area contributed by atoms with Gasteiger partial charge in [-0.2, -0.15) is 0 Å². The predicted octanol–water partition coefficient (Wildman–Crippen LogP) is 2.31. The van der Waals surface area contributed by atoms with Crippen LogP contribution in [0, 0.1) is 0 Å². The van der Waals surface area contributed by atoms with Crippen molar-refractivity contribution >= 4 is 15.9 Å². The fourth-order valence-electron chi connectivity index (χ4n) is 2.18. The summed E-state index contributed by atoms with van der Waals surface area (Å²) in [5.41, 5.74) is 0.436. The van der Waals surface area contributed by atoms with E-state index in [1.807, 2.05) is 0 Å². The molecular formula is C15H12O5S. The Labute approximate surface area is 121 Å². The van der Waals surface area contributed by atoms with E-state index in [1.54, 1.807) is 30.3 Å².